The van der Waals surface area contributed by atoms with Gasteiger partial charge in [0.25, 0.3) is 0 Å². The summed E-state index contributed by atoms with van der Waals surface area (Å²) in [6, 6.07) is 0. The maximum absolute atomic E-state index is 10.7. The van der Waals surface area contributed by atoms with Gasteiger partial charge in [-0.2, -0.15) is 0 Å². The van der Waals surface area contributed by atoms with Crippen LogP contribution in [-0.2, 0) is 4.79 Å². The first-order valence-corrected chi connectivity index (χ1v) is 9.62. The number of aliphatic carboxylic acids is 1. The minimum absolute atomic E-state index is 0.365. The van der Waals surface area contributed by atoms with E-state index in [4.69, 9.17) is 5.11 Å². The van der Waals surface area contributed by atoms with Gasteiger partial charge in [0.1, 0.15) is 8.07 Å². The van der Waals surface area contributed by atoms with Crippen molar-refractivity contribution in [2.75, 3.05) is 0 Å². The highest BCUT2D eigenvalue weighted by atomic mass is 28.3. The summed E-state index contributed by atoms with van der Waals surface area (Å²) in [5.74, 6) is 7.52. The summed E-state index contributed by atoms with van der Waals surface area (Å²) in [5.41, 5.74) is 5.28. The van der Waals surface area contributed by atoms with E-state index in [1.165, 1.54) is 0 Å². The molecule has 0 radical (unpaired) electrons. The summed E-state index contributed by atoms with van der Waals surface area (Å²) in [4.78, 5) is 10.7. The molecule has 0 aromatic rings. The third-order valence-corrected chi connectivity index (χ3v) is 10.4. The quantitative estimate of drug-likeness (QED) is 0.605. The highest BCUT2D eigenvalue weighted by molar-refractivity contribution is 6.90. The van der Waals surface area contributed by atoms with E-state index in [2.05, 4.69) is 64.8 Å². The molecular formula is C17H28O2Si. The Morgan fingerprint density at radius 1 is 0.950 bits per heavy atom. The van der Waals surface area contributed by atoms with E-state index >= 15 is 0 Å². The second kappa shape index (κ2) is 8.17. The molecule has 0 aromatic heterocycles. The van der Waals surface area contributed by atoms with Crippen LogP contribution in [0.15, 0.2) is 0 Å². The predicted molar refractivity (Wildman–Crippen MR) is 88.0 cm³/mol. The zero-order chi connectivity index (χ0) is 15.9. The summed E-state index contributed by atoms with van der Waals surface area (Å²) in [6.07, 6.45) is 0.365. The molecule has 0 fully saturated rings. The zero-order valence-electron chi connectivity index (χ0n) is 13.9. The second-order valence-corrected chi connectivity index (χ2v) is 12.0. The lowest BCUT2D eigenvalue weighted by atomic mass is 10.1. The van der Waals surface area contributed by atoms with Crippen molar-refractivity contribution >= 4 is 14.0 Å². The second-order valence-electron chi connectivity index (χ2n) is 6.39. The Morgan fingerprint density at radius 2 is 1.40 bits per heavy atom. The predicted octanol–water partition coefficient (Wildman–Crippen LogP) is 4.32. The molecule has 3 heteroatoms. The third kappa shape index (κ3) is 4.73. The fraction of sp³-hybridized carbons (Fsp3) is 0.706. The SMILES string of the molecule is CC(C)[Si](C#CC#CC[C@H](C)C(=O)O)(C(C)C)C(C)C. The molecule has 1 N–H and O–H groups in total. The summed E-state index contributed by atoms with van der Waals surface area (Å²) in [6.45, 7) is 15.3. The first-order valence-electron chi connectivity index (χ1n) is 7.39. The molecule has 0 rings (SSSR count). The van der Waals surface area contributed by atoms with Crippen molar-refractivity contribution < 1.29 is 9.90 Å². The van der Waals surface area contributed by atoms with Gasteiger partial charge in [-0.05, 0) is 28.5 Å². The van der Waals surface area contributed by atoms with Crippen LogP contribution in [-0.4, -0.2) is 19.1 Å². The lowest BCUT2D eigenvalue weighted by Gasteiger charge is -2.37. The Morgan fingerprint density at radius 3 is 1.75 bits per heavy atom. The maximum Gasteiger partial charge on any atom is 0.307 e. The van der Waals surface area contributed by atoms with Crippen molar-refractivity contribution in [3.63, 3.8) is 0 Å². The van der Waals surface area contributed by atoms with Crippen LogP contribution < -0.4 is 0 Å². The van der Waals surface area contributed by atoms with Crippen LogP contribution in [0.2, 0.25) is 16.6 Å². The minimum atomic E-state index is -1.71. The van der Waals surface area contributed by atoms with Crippen molar-refractivity contribution in [3.05, 3.63) is 0 Å². The van der Waals surface area contributed by atoms with Crippen LogP contribution in [0.25, 0.3) is 0 Å². The largest absolute Gasteiger partial charge is 0.481 e. The monoisotopic (exact) mass is 292 g/mol. The molecule has 0 saturated carbocycles. The average Bonchev–Trinajstić information content (AvgIpc) is 2.31. The molecule has 1 atom stereocenters. The first-order chi connectivity index (χ1) is 9.16. The number of carbonyl (C=O) groups is 1. The number of rotatable bonds is 5. The highest BCUT2D eigenvalue weighted by Crippen LogP contribution is 2.40. The van der Waals surface area contributed by atoms with E-state index in [-0.39, 0.29) is 0 Å². The molecule has 2 nitrogen and oxygen atoms in total. The van der Waals surface area contributed by atoms with E-state index in [0.717, 1.165) is 0 Å². The fourth-order valence-electron chi connectivity index (χ4n) is 2.91. The Labute approximate surface area is 125 Å². The van der Waals surface area contributed by atoms with Gasteiger partial charge in [0, 0.05) is 6.42 Å². The Kier molecular flexibility index (Phi) is 7.69. The van der Waals surface area contributed by atoms with Gasteiger partial charge >= 0.3 is 5.97 Å². The standard InChI is InChI=1S/C17H28O2Si/c1-13(2)20(14(3)4,15(5)6)12-10-8-9-11-16(7)17(18)19/h13-16H,11H2,1-7H3,(H,18,19)/t16-/m0/s1. The third-order valence-electron chi connectivity index (χ3n) is 4.13. The number of carboxylic acids is 1. The Bertz CT molecular complexity index is 419. The van der Waals surface area contributed by atoms with Gasteiger partial charge in [0.2, 0.25) is 0 Å². The summed E-state index contributed by atoms with van der Waals surface area (Å²) in [5, 5.41) is 8.79. The van der Waals surface area contributed by atoms with Gasteiger partial charge in [-0.15, -0.1) is 5.54 Å². The van der Waals surface area contributed by atoms with Gasteiger partial charge in [0.05, 0.1) is 5.92 Å². The molecule has 0 saturated heterocycles. The summed E-state index contributed by atoms with van der Waals surface area (Å²) >= 11 is 0. The van der Waals surface area contributed by atoms with Gasteiger partial charge in [-0.1, -0.05) is 54.4 Å². The first kappa shape index (κ1) is 18.8. The van der Waals surface area contributed by atoms with E-state index < -0.39 is 20.0 Å². The molecule has 0 aromatic carbocycles. The smallest absolute Gasteiger partial charge is 0.307 e. The van der Waals surface area contributed by atoms with Crippen molar-refractivity contribution in [3.8, 4) is 23.3 Å². The van der Waals surface area contributed by atoms with Crippen LogP contribution >= 0.6 is 0 Å². The van der Waals surface area contributed by atoms with Crippen molar-refractivity contribution in [2.45, 2.75) is 71.5 Å². The molecule has 0 unspecified atom stereocenters. The van der Waals surface area contributed by atoms with Crippen LogP contribution in [0, 0.1) is 29.2 Å². The lowest BCUT2D eigenvalue weighted by molar-refractivity contribution is -0.140. The van der Waals surface area contributed by atoms with E-state index in [0.29, 0.717) is 23.0 Å². The van der Waals surface area contributed by atoms with Gasteiger partial charge < -0.3 is 5.11 Å². The molecule has 0 heterocycles. The molecule has 112 valence electrons. The Hall–Kier alpha value is -1.19. The van der Waals surface area contributed by atoms with Crippen molar-refractivity contribution in [1.82, 2.24) is 0 Å². The van der Waals surface area contributed by atoms with Gasteiger partial charge in [-0.25, -0.2) is 0 Å². The Balaban J connectivity index is 5.10. The molecule has 0 amide bonds. The highest BCUT2D eigenvalue weighted by Gasteiger charge is 2.41. The van der Waals surface area contributed by atoms with Crippen LogP contribution in [0.1, 0.15) is 54.9 Å². The van der Waals surface area contributed by atoms with Crippen LogP contribution in [0.3, 0.4) is 0 Å². The van der Waals surface area contributed by atoms with Crippen LogP contribution in [0.5, 0.6) is 0 Å². The van der Waals surface area contributed by atoms with E-state index in [9.17, 15) is 4.79 Å². The molecule has 0 spiro atoms. The minimum Gasteiger partial charge on any atom is -0.481 e. The zero-order valence-corrected chi connectivity index (χ0v) is 14.9. The van der Waals surface area contributed by atoms with E-state index in [1.807, 2.05) is 0 Å². The topological polar surface area (TPSA) is 37.3 Å². The number of hydrogen-bond donors (Lipinski definition) is 1. The average molecular weight is 292 g/mol. The van der Waals surface area contributed by atoms with E-state index in [1.54, 1.807) is 6.92 Å². The molecular weight excluding hydrogens is 264 g/mol. The van der Waals surface area contributed by atoms with Gasteiger partial charge in [-0.3, -0.25) is 4.79 Å². The normalized spacial score (nSPS) is 12.7. The molecule has 20 heavy (non-hydrogen) atoms. The number of carboxylic acid groups (broad SMARTS) is 1. The van der Waals surface area contributed by atoms with Gasteiger partial charge in [0.15, 0.2) is 0 Å². The van der Waals surface area contributed by atoms with Crippen LogP contribution in [0.4, 0.5) is 0 Å². The summed E-state index contributed by atoms with van der Waals surface area (Å²) < 4.78 is 0. The molecule has 0 bridgehead atoms. The fourth-order valence-corrected chi connectivity index (χ4v) is 8.05. The molecule has 0 aliphatic heterocycles. The maximum atomic E-state index is 10.7. The number of hydrogen-bond acceptors (Lipinski definition) is 1. The van der Waals surface area contributed by atoms with Crippen molar-refractivity contribution in [1.29, 1.82) is 0 Å². The lowest BCUT2D eigenvalue weighted by Crippen LogP contribution is -2.43. The summed E-state index contributed by atoms with van der Waals surface area (Å²) in [7, 11) is -1.71. The van der Waals surface area contributed by atoms with Crippen molar-refractivity contribution in [2.24, 2.45) is 5.92 Å². The molecule has 0 aliphatic carbocycles. The molecule has 0 aliphatic rings.